The molecule has 2 atom stereocenters. The summed E-state index contributed by atoms with van der Waals surface area (Å²) in [5.74, 6) is 0.0113. The molecule has 0 aromatic heterocycles. The zero-order chi connectivity index (χ0) is 22.7. The summed E-state index contributed by atoms with van der Waals surface area (Å²) >= 11 is 6.07. The molecule has 0 radical (unpaired) electrons. The lowest BCUT2D eigenvalue weighted by molar-refractivity contribution is -0.596. The molecule has 0 unspecified atom stereocenters. The highest BCUT2D eigenvalue weighted by Gasteiger charge is 2.47. The van der Waals surface area contributed by atoms with Gasteiger partial charge in [-0.3, -0.25) is 9.59 Å². The van der Waals surface area contributed by atoms with Crippen LogP contribution >= 0.6 is 11.6 Å². The molecule has 1 aliphatic heterocycles. The summed E-state index contributed by atoms with van der Waals surface area (Å²) in [5, 5.41) is 3.48. The lowest BCUT2D eigenvalue weighted by Crippen LogP contribution is -2.42. The van der Waals surface area contributed by atoms with Crippen LogP contribution in [0.5, 0.6) is 5.75 Å². The van der Waals surface area contributed by atoms with Crippen molar-refractivity contribution < 1.29 is 19.0 Å². The van der Waals surface area contributed by atoms with Crippen molar-refractivity contribution in [2.75, 3.05) is 7.11 Å². The number of carbonyl (C=O) groups is 2. The molecule has 0 aliphatic carbocycles. The van der Waals surface area contributed by atoms with Crippen molar-refractivity contribution in [3.63, 3.8) is 0 Å². The van der Waals surface area contributed by atoms with Crippen LogP contribution in [0.3, 0.4) is 0 Å². The van der Waals surface area contributed by atoms with Gasteiger partial charge in [0, 0.05) is 21.7 Å². The third-order valence-electron chi connectivity index (χ3n) is 5.35. The van der Waals surface area contributed by atoms with Crippen molar-refractivity contribution in [2.24, 2.45) is 0 Å². The summed E-state index contributed by atoms with van der Waals surface area (Å²) in [6.45, 7) is 2.02. The van der Waals surface area contributed by atoms with E-state index in [0.717, 1.165) is 16.7 Å². The summed E-state index contributed by atoms with van der Waals surface area (Å²) in [4.78, 5) is 25.8. The number of ether oxygens (including phenoxy) is 1. The Labute approximate surface area is 191 Å². The van der Waals surface area contributed by atoms with E-state index in [9.17, 15) is 9.59 Å². The molecule has 1 heterocycles. The van der Waals surface area contributed by atoms with Crippen LogP contribution in [0.25, 0.3) is 0 Å². The fourth-order valence-corrected chi connectivity index (χ4v) is 3.75. The van der Waals surface area contributed by atoms with Gasteiger partial charge in [0.2, 0.25) is 12.3 Å². The molecule has 3 aromatic carbocycles. The van der Waals surface area contributed by atoms with Gasteiger partial charge in [0.05, 0.1) is 7.11 Å². The van der Waals surface area contributed by atoms with Crippen LogP contribution in [-0.4, -0.2) is 35.9 Å². The maximum Gasteiger partial charge on any atom is 0.304 e. The Morgan fingerprint density at radius 3 is 2.31 bits per heavy atom. The van der Waals surface area contributed by atoms with E-state index in [1.54, 1.807) is 48.2 Å². The molecule has 1 aliphatic rings. The second-order valence-corrected chi connectivity index (χ2v) is 8.04. The van der Waals surface area contributed by atoms with E-state index in [4.69, 9.17) is 16.3 Å². The summed E-state index contributed by atoms with van der Waals surface area (Å²) in [7, 11) is 1.56. The zero-order valence-electron chi connectivity index (χ0n) is 17.7. The fourth-order valence-electron chi connectivity index (χ4n) is 3.62. The third-order valence-corrected chi connectivity index (χ3v) is 5.61. The first-order chi connectivity index (χ1) is 15.4. The third kappa shape index (κ3) is 4.65. The maximum atomic E-state index is 12.9. The highest BCUT2D eigenvalue weighted by molar-refractivity contribution is 6.30. The quantitative estimate of drug-likeness (QED) is 0.585. The minimum atomic E-state index is -0.799. The number of hydrogen-bond donors (Lipinski definition) is 2. The van der Waals surface area contributed by atoms with E-state index < -0.39 is 12.1 Å². The Morgan fingerprint density at radius 2 is 1.69 bits per heavy atom. The van der Waals surface area contributed by atoms with Crippen molar-refractivity contribution in [3.8, 4) is 5.75 Å². The van der Waals surface area contributed by atoms with Gasteiger partial charge in [-0.15, -0.1) is 10.1 Å². The molecule has 3 aromatic rings. The molecule has 32 heavy (non-hydrogen) atoms. The van der Waals surface area contributed by atoms with E-state index in [1.165, 1.54) is 0 Å². The van der Waals surface area contributed by atoms with Gasteiger partial charge in [-0.2, -0.15) is 0 Å². The number of nitrogens with one attached hydrogen (secondary N) is 2. The van der Waals surface area contributed by atoms with E-state index in [0.29, 0.717) is 16.3 Å². The van der Waals surface area contributed by atoms with Gasteiger partial charge in [-0.05, 0) is 55.5 Å². The van der Waals surface area contributed by atoms with Crippen molar-refractivity contribution in [3.05, 3.63) is 100 Å². The minimum Gasteiger partial charge on any atom is -0.497 e. The van der Waals surface area contributed by atoms with Gasteiger partial charge >= 0.3 is 5.91 Å². The largest absolute Gasteiger partial charge is 0.497 e. The Kier molecular flexibility index (Phi) is 6.23. The van der Waals surface area contributed by atoms with Gasteiger partial charge in [-0.25, -0.2) is 0 Å². The Bertz CT molecular complexity index is 1160. The monoisotopic (exact) mass is 448 g/mol. The molecule has 0 bridgehead atoms. The van der Waals surface area contributed by atoms with Gasteiger partial charge in [0.15, 0.2) is 6.04 Å². The molecule has 7 heteroatoms. The van der Waals surface area contributed by atoms with Gasteiger partial charge < -0.3 is 10.1 Å². The summed E-state index contributed by atoms with van der Waals surface area (Å²) in [6, 6.07) is 20.7. The Hall–Kier alpha value is -3.64. The van der Waals surface area contributed by atoms with Crippen LogP contribution in [-0.2, 0) is 4.79 Å². The molecule has 2 N–H and O–H groups in total. The number of carbonyl (C=O) groups excluding carboxylic acids is 2. The topological polar surface area (TPSA) is 70.4 Å². The molecular formula is C25H23ClN3O3+. The average Bonchev–Trinajstić information content (AvgIpc) is 3.10. The smallest absolute Gasteiger partial charge is 0.304 e. The minimum absolute atomic E-state index is 0.296. The lowest BCUT2D eigenvalue weighted by Gasteiger charge is -2.15. The molecular weight excluding hydrogens is 426 g/mol. The van der Waals surface area contributed by atoms with Crippen LogP contribution in [0.1, 0.15) is 33.1 Å². The van der Waals surface area contributed by atoms with E-state index in [1.807, 2.05) is 49.5 Å². The number of nitrogens with zero attached hydrogens (tertiary/aromatic N) is 1. The number of hydrogen-bond acceptors (Lipinski definition) is 3. The van der Waals surface area contributed by atoms with Crippen molar-refractivity contribution in [1.82, 2.24) is 10.7 Å². The fraction of sp³-hybridized carbons (Fsp3) is 0.160. The molecule has 162 valence electrons. The van der Waals surface area contributed by atoms with Crippen molar-refractivity contribution in [1.29, 1.82) is 0 Å². The number of hydrazine groups is 1. The van der Waals surface area contributed by atoms with E-state index >= 15 is 0 Å². The molecule has 1 saturated heterocycles. The van der Waals surface area contributed by atoms with Crippen LogP contribution < -0.4 is 15.5 Å². The first-order valence-electron chi connectivity index (χ1n) is 10.2. The molecule has 6 nitrogen and oxygen atoms in total. The lowest BCUT2D eigenvalue weighted by atomic mass is 9.99. The normalized spacial score (nSPS) is 19.0. The zero-order valence-corrected chi connectivity index (χ0v) is 18.5. The predicted molar refractivity (Wildman–Crippen MR) is 123 cm³/mol. The van der Waals surface area contributed by atoms with Crippen LogP contribution in [0.15, 0.2) is 72.8 Å². The van der Waals surface area contributed by atoms with E-state index in [-0.39, 0.29) is 11.8 Å². The maximum absolute atomic E-state index is 12.9. The van der Waals surface area contributed by atoms with Crippen LogP contribution in [0.4, 0.5) is 0 Å². The SMILES string of the molecule is COc1ccc(C(=O)N[C@H]2C(=O)N/[N+](=C\c3ccc(C)cc3)[C@H]2c2ccc(Cl)cc2)cc1. The first kappa shape index (κ1) is 21.6. The Balaban J connectivity index is 1.67. The number of rotatable bonds is 5. The van der Waals surface area contributed by atoms with E-state index in [2.05, 4.69) is 10.7 Å². The second-order valence-electron chi connectivity index (χ2n) is 7.60. The number of halogens is 1. The standard InChI is InChI=1S/C25H22ClN3O3/c1-16-3-5-17(6-4-16)15-29-23(18-7-11-20(26)12-8-18)22(25(31)28-29)27-24(30)19-9-13-21(32-2)14-10-19/h3-15,22-23H,1-2H3,(H-,27,28,30,31)/p+1/b29-15-/t22-,23+/m1/s1. The molecule has 1 fully saturated rings. The highest BCUT2D eigenvalue weighted by atomic mass is 35.5. The molecule has 0 spiro atoms. The predicted octanol–water partition coefficient (Wildman–Crippen LogP) is 3.67. The Morgan fingerprint density at radius 1 is 1.03 bits per heavy atom. The second kappa shape index (κ2) is 9.24. The van der Waals surface area contributed by atoms with Gasteiger partial charge in [0.25, 0.3) is 5.91 Å². The average molecular weight is 449 g/mol. The van der Waals surface area contributed by atoms with Crippen molar-refractivity contribution in [2.45, 2.75) is 19.0 Å². The van der Waals surface area contributed by atoms with Crippen molar-refractivity contribution >= 4 is 29.6 Å². The molecule has 2 amide bonds. The summed E-state index contributed by atoms with van der Waals surface area (Å²) in [6.07, 6.45) is 1.86. The summed E-state index contributed by atoms with van der Waals surface area (Å²) < 4.78 is 6.88. The number of hydrazone groups is 1. The molecule has 0 saturated carbocycles. The number of aryl methyl sites for hydroxylation is 1. The van der Waals surface area contributed by atoms with Gasteiger partial charge in [0.1, 0.15) is 5.75 Å². The number of amides is 2. The first-order valence-corrected chi connectivity index (χ1v) is 10.5. The number of methoxy groups -OCH3 is 1. The highest BCUT2D eigenvalue weighted by Crippen LogP contribution is 2.27. The number of benzene rings is 3. The summed E-state index contributed by atoms with van der Waals surface area (Å²) in [5.41, 5.74) is 6.23. The van der Waals surface area contributed by atoms with Crippen LogP contribution in [0.2, 0.25) is 5.02 Å². The van der Waals surface area contributed by atoms with Gasteiger partial charge in [-0.1, -0.05) is 41.4 Å². The molecule has 4 rings (SSSR count). The van der Waals surface area contributed by atoms with Crippen LogP contribution in [0, 0.1) is 6.92 Å².